The van der Waals surface area contributed by atoms with Crippen molar-refractivity contribution in [3.63, 3.8) is 0 Å². The van der Waals surface area contributed by atoms with E-state index >= 15 is 0 Å². The molecular weight excluding hydrogens is 659 g/mol. The van der Waals surface area contributed by atoms with Gasteiger partial charge >= 0.3 is 0 Å². The SMILES string of the molecule is CC(=C(C)c1cc(/C(C)=C(/C)c2ccc(-c3ccccc3)nc2)nc(/C(C)=C(/C)c2ccc(-c3ccccc3)cn2)n1)c1ccc(-c2ccccc2)nc1. The average Bonchev–Trinajstić information content (AvgIpc) is 3.25. The molecule has 54 heavy (non-hydrogen) atoms. The van der Waals surface area contributed by atoms with E-state index in [0.29, 0.717) is 5.82 Å². The van der Waals surface area contributed by atoms with Gasteiger partial charge in [0.15, 0.2) is 5.82 Å². The van der Waals surface area contributed by atoms with Crippen molar-refractivity contribution in [3.05, 3.63) is 186 Å². The van der Waals surface area contributed by atoms with Crippen LogP contribution in [-0.2, 0) is 0 Å². The van der Waals surface area contributed by atoms with Gasteiger partial charge in [-0.1, -0.05) is 109 Å². The molecule has 0 aliphatic heterocycles. The Bertz CT molecular complexity index is 2180. The number of pyridine rings is 3. The Morgan fingerprint density at radius 3 is 1.19 bits per heavy atom. The molecule has 7 rings (SSSR count). The largest absolute Gasteiger partial charge is 0.256 e. The van der Waals surface area contributed by atoms with Crippen LogP contribution < -0.4 is 0 Å². The van der Waals surface area contributed by atoms with Crippen molar-refractivity contribution in [1.29, 1.82) is 0 Å². The lowest BCUT2D eigenvalue weighted by Gasteiger charge is -2.15. The topological polar surface area (TPSA) is 64.5 Å². The Hall–Kier alpha value is -6.59. The minimum absolute atomic E-state index is 0.670. The van der Waals surface area contributed by atoms with E-state index in [9.17, 15) is 0 Å². The Balaban J connectivity index is 1.29. The van der Waals surface area contributed by atoms with Gasteiger partial charge in [-0.3, -0.25) is 15.0 Å². The summed E-state index contributed by atoms with van der Waals surface area (Å²) in [6.45, 7) is 12.7. The molecule has 4 heterocycles. The zero-order valence-electron chi connectivity index (χ0n) is 31.7. The quantitative estimate of drug-likeness (QED) is 0.150. The number of hydrogen-bond donors (Lipinski definition) is 0. The molecule has 5 heteroatoms. The summed E-state index contributed by atoms with van der Waals surface area (Å²) in [6.07, 6.45) is 5.84. The third kappa shape index (κ3) is 7.76. The first-order valence-corrected chi connectivity index (χ1v) is 18.2. The van der Waals surface area contributed by atoms with E-state index in [4.69, 9.17) is 24.9 Å². The Kier molecular flexibility index (Phi) is 10.6. The van der Waals surface area contributed by atoms with Crippen LogP contribution in [0.5, 0.6) is 0 Å². The smallest absolute Gasteiger partial charge is 0.156 e. The van der Waals surface area contributed by atoms with Crippen LogP contribution in [0, 0.1) is 0 Å². The first-order chi connectivity index (χ1) is 26.3. The maximum Gasteiger partial charge on any atom is 0.156 e. The standard InChI is InChI=1S/C49H43N5/c1-32(41-22-26-45(51-29-41)39-18-12-8-13-19-39)34(3)47-28-48(35(4)33(2)42-23-27-46(52-30-42)40-20-14-9-15-21-40)54-49(53-47)37(6)36(5)44-25-24-43(31-50-44)38-16-10-7-11-17-38/h7-31H,1-6H3/b34-32-,35-33?,37-36-. The number of nitrogens with zero attached hydrogens (tertiary/aromatic N) is 5. The fraction of sp³-hybridized carbons (Fsp3) is 0.122. The van der Waals surface area contributed by atoms with Gasteiger partial charge in [-0.25, -0.2) is 9.97 Å². The minimum atomic E-state index is 0.670. The van der Waals surface area contributed by atoms with Crippen molar-refractivity contribution in [2.75, 3.05) is 0 Å². The molecule has 0 saturated carbocycles. The van der Waals surface area contributed by atoms with Gasteiger partial charge in [0, 0.05) is 35.3 Å². The molecular formula is C49H43N5. The predicted molar refractivity (Wildman–Crippen MR) is 226 cm³/mol. The van der Waals surface area contributed by atoms with Crippen LogP contribution in [0.15, 0.2) is 152 Å². The van der Waals surface area contributed by atoms with Gasteiger partial charge in [-0.15, -0.1) is 0 Å². The van der Waals surface area contributed by atoms with E-state index in [0.717, 1.165) is 95.3 Å². The van der Waals surface area contributed by atoms with Crippen molar-refractivity contribution < 1.29 is 0 Å². The van der Waals surface area contributed by atoms with Crippen molar-refractivity contribution in [2.45, 2.75) is 41.5 Å². The summed E-state index contributed by atoms with van der Waals surface area (Å²) in [7, 11) is 0. The second-order valence-corrected chi connectivity index (χ2v) is 13.6. The molecule has 0 spiro atoms. The Morgan fingerprint density at radius 2 is 0.778 bits per heavy atom. The maximum atomic E-state index is 5.21. The van der Waals surface area contributed by atoms with Gasteiger partial charge in [0.2, 0.25) is 0 Å². The van der Waals surface area contributed by atoms with Crippen LogP contribution in [-0.4, -0.2) is 24.9 Å². The minimum Gasteiger partial charge on any atom is -0.256 e. The average molecular weight is 702 g/mol. The van der Waals surface area contributed by atoms with Crippen LogP contribution in [0.3, 0.4) is 0 Å². The molecule has 0 radical (unpaired) electrons. The van der Waals surface area contributed by atoms with Gasteiger partial charge in [-0.2, -0.15) is 0 Å². The number of rotatable bonds is 9. The molecule has 0 aliphatic rings. The van der Waals surface area contributed by atoms with E-state index in [2.05, 4.69) is 120 Å². The van der Waals surface area contributed by atoms with E-state index in [1.807, 2.05) is 73.2 Å². The van der Waals surface area contributed by atoms with Gasteiger partial charge in [0.25, 0.3) is 0 Å². The van der Waals surface area contributed by atoms with Gasteiger partial charge < -0.3 is 0 Å². The molecule has 7 aromatic rings. The van der Waals surface area contributed by atoms with Gasteiger partial charge in [-0.05, 0) is 116 Å². The molecule has 0 amide bonds. The number of aromatic nitrogens is 5. The summed E-state index contributed by atoms with van der Waals surface area (Å²) < 4.78 is 0. The van der Waals surface area contributed by atoms with Crippen molar-refractivity contribution in [1.82, 2.24) is 24.9 Å². The zero-order valence-corrected chi connectivity index (χ0v) is 31.7. The summed E-state index contributed by atoms with van der Waals surface area (Å²) in [6, 6.07) is 45.6. The highest BCUT2D eigenvalue weighted by atomic mass is 14.9. The molecule has 3 aromatic carbocycles. The molecule has 0 atom stereocenters. The molecule has 5 nitrogen and oxygen atoms in total. The number of benzene rings is 3. The van der Waals surface area contributed by atoms with E-state index in [1.165, 1.54) is 0 Å². The molecule has 264 valence electrons. The van der Waals surface area contributed by atoms with Gasteiger partial charge in [0.05, 0.1) is 28.5 Å². The van der Waals surface area contributed by atoms with Crippen LogP contribution in [0.4, 0.5) is 0 Å². The molecule has 0 aliphatic carbocycles. The third-order valence-electron chi connectivity index (χ3n) is 10.3. The summed E-state index contributed by atoms with van der Waals surface area (Å²) >= 11 is 0. The normalized spacial score (nSPS) is 12.8. The van der Waals surface area contributed by atoms with Crippen molar-refractivity contribution in [3.8, 4) is 33.6 Å². The Labute approximate surface area is 318 Å². The number of allylic oxidation sites excluding steroid dienone is 6. The summed E-state index contributed by atoms with van der Waals surface area (Å²) in [5.41, 5.74) is 17.3. The molecule has 0 bridgehead atoms. The lowest BCUT2D eigenvalue weighted by atomic mass is 9.97. The summed E-state index contributed by atoms with van der Waals surface area (Å²) in [5, 5.41) is 0. The second kappa shape index (κ2) is 16.0. The summed E-state index contributed by atoms with van der Waals surface area (Å²) in [4.78, 5) is 24.9. The second-order valence-electron chi connectivity index (χ2n) is 13.6. The van der Waals surface area contributed by atoms with Crippen LogP contribution in [0.2, 0.25) is 0 Å². The third-order valence-corrected chi connectivity index (χ3v) is 10.3. The fourth-order valence-corrected chi connectivity index (χ4v) is 6.38. The maximum absolute atomic E-state index is 5.21. The first kappa shape index (κ1) is 35.8. The fourth-order valence-electron chi connectivity index (χ4n) is 6.38. The van der Waals surface area contributed by atoms with Gasteiger partial charge in [0.1, 0.15) is 0 Å². The highest BCUT2D eigenvalue weighted by Gasteiger charge is 2.16. The first-order valence-electron chi connectivity index (χ1n) is 18.2. The van der Waals surface area contributed by atoms with E-state index < -0.39 is 0 Å². The molecule has 0 saturated heterocycles. The lowest BCUT2D eigenvalue weighted by molar-refractivity contribution is 1.07. The van der Waals surface area contributed by atoms with Crippen molar-refractivity contribution >= 4 is 33.4 Å². The highest BCUT2D eigenvalue weighted by molar-refractivity contribution is 5.93. The van der Waals surface area contributed by atoms with Crippen LogP contribution in [0.1, 0.15) is 75.6 Å². The molecule has 0 N–H and O–H groups in total. The molecule has 4 aromatic heterocycles. The van der Waals surface area contributed by atoms with Crippen LogP contribution >= 0.6 is 0 Å². The zero-order chi connectivity index (χ0) is 37.6. The predicted octanol–water partition coefficient (Wildman–Crippen LogP) is 12.5. The summed E-state index contributed by atoms with van der Waals surface area (Å²) in [5.74, 6) is 0.670. The Morgan fingerprint density at radius 1 is 0.333 bits per heavy atom. The monoisotopic (exact) mass is 701 g/mol. The molecule has 0 fully saturated rings. The van der Waals surface area contributed by atoms with E-state index in [1.54, 1.807) is 0 Å². The number of hydrogen-bond acceptors (Lipinski definition) is 5. The lowest BCUT2D eigenvalue weighted by Crippen LogP contribution is -2.04. The van der Waals surface area contributed by atoms with Crippen molar-refractivity contribution in [2.24, 2.45) is 0 Å². The molecule has 0 unspecified atom stereocenters. The van der Waals surface area contributed by atoms with E-state index in [-0.39, 0.29) is 0 Å². The van der Waals surface area contributed by atoms with Crippen LogP contribution in [0.25, 0.3) is 67.1 Å². The highest BCUT2D eigenvalue weighted by Crippen LogP contribution is 2.32.